The molecule has 1 aliphatic rings. The van der Waals surface area contributed by atoms with E-state index >= 15 is 0 Å². The van der Waals surface area contributed by atoms with Crippen LogP contribution >= 0.6 is 0 Å². The number of nitrogens with one attached hydrogen (secondary N) is 1. The zero-order chi connectivity index (χ0) is 14.2. The molecule has 0 radical (unpaired) electrons. The fourth-order valence-corrected chi connectivity index (χ4v) is 2.89. The van der Waals surface area contributed by atoms with E-state index in [1.165, 1.54) is 5.56 Å². The lowest BCUT2D eigenvalue weighted by atomic mass is 9.95. The van der Waals surface area contributed by atoms with Crippen molar-refractivity contribution in [3.8, 4) is 0 Å². The highest BCUT2D eigenvalue weighted by molar-refractivity contribution is 5.09. The molecule has 2 heterocycles. The molecule has 4 heteroatoms. The quantitative estimate of drug-likeness (QED) is 0.826. The molecule has 2 rings (SSSR count). The monoisotopic (exact) mass is 277 g/mol. The zero-order valence-electron chi connectivity index (χ0n) is 12.7. The van der Waals surface area contributed by atoms with Gasteiger partial charge in [0, 0.05) is 44.0 Å². The van der Waals surface area contributed by atoms with Gasteiger partial charge in [0.05, 0.1) is 6.61 Å². The first-order valence-electron chi connectivity index (χ1n) is 7.75. The molecule has 1 aromatic heterocycles. The highest BCUT2D eigenvalue weighted by Crippen LogP contribution is 2.17. The molecule has 0 aromatic carbocycles. The van der Waals surface area contributed by atoms with Crippen molar-refractivity contribution in [2.45, 2.75) is 32.9 Å². The summed E-state index contributed by atoms with van der Waals surface area (Å²) in [6.07, 6.45) is 4.87. The summed E-state index contributed by atoms with van der Waals surface area (Å²) in [7, 11) is 0. The minimum absolute atomic E-state index is 0.588. The van der Waals surface area contributed by atoms with Crippen molar-refractivity contribution in [3.05, 3.63) is 30.1 Å². The molecule has 1 aromatic rings. The average Bonchev–Trinajstić information content (AvgIpc) is 2.50. The van der Waals surface area contributed by atoms with Gasteiger partial charge in [-0.25, -0.2) is 0 Å². The summed E-state index contributed by atoms with van der Waals surface area (Å²) >= 11 is 0. The van der Waals surface area contributed by atoms with Crippen LogP contribution in [0.15, 0.2) is 24.5 Å². The van der Waals surface area contributed by atoms with Gasteiger partial charge in [0.2, 0.25) is 0 Å². The van der Waals surface area contributed by atoms with Crippen LogP contribution in [0.1, 0.15) is 25.8 Å². The van der Waals surface area contributed by atoms with Crippen molar-refractivity contribution in [1.29, 1.82) is 0 Å². The third-order valence-electron chi connectivity index (χ3n) is 4.04. The Labute approximate surface area is 122 Å². The second kappa shape index (κ2) is 8.35. The molecule has 0 spiro atoms. The number of nitrogens with zero attached hydrogens (tertiary/aromatic N) is 2. The van der Waals surface area contributed by atoms with E-state index in [0.29, 0.717) is 12.0 Å². The maximum Gasteiger partial charge on any atom is 0.0521 e. The lowest BCUT2D eigenvalue weighted by molar-refractivity contribution is 0.0165. The molecule has 1 aliphatic heterocycles. The minimum atomic E-state index is 0.588. The van der Waals surface area contributed by atoms with Crippen molar-refractivity contribution in [2.75, 3.05) is 32.8 Å². The number of pyridine rings is 1. The van der Waals surface area contributed by atoms with Crippen LogP contribution < -0.4 is 5.32 Å². The molecular weight excluding hydrogens is 250 g/mol. The standard InChI is InChI=1S/C16H27N3O/c1-3-18-16-7-10-20-13-15(16)12-19(4-2)11-14-5-8-17-9-6-14/h5-6,8-9,15-16,18H,3-4,7,10-13H2,1-2H3. The van der Waals surface area contributed by atoms with Gasteiger partial charge in [0.25, 0.3) is 0 Å². The van der Waals surface area contributed by atoms with Gasteiger partial charge in [-0.2, -0.15) is 0 Å². The first-order chi connectivity index (χ1) is 9.83. The maximum absolute atomic E-state index is 5.68. The van der Waals surface area contributed by atoms with Crippen LogP contribution in [0.5, 0.6) is 0 Å². The summed E-state index contributed by atoms with van der Waals surface area (Å²) in [6.45, 7) is 10.4. The number of aromatic nitrogens is 1. The van der Waals surface area contributed by atoms with Gasteiger partial charge >= 0.3 is 0 Å². The molecule has 4 nitrogen and oxygen atoms in total. The highest BCUT2D eigenvalue weighted by Gasteiger charge is 2.26. The smallest absolute Gasteiger partial charge is 0.0521 e. The molecule has 0 bridgehead atoms. The van der Waals surface area contributed by atoms with E-state index in [4.69, 9.17) is 4.74 Å². The Morgan fingerprint density at radius 3 is 2.85 bits per heavy atom. The number of rotatable bonds is 7. The molecule has 1 fully saturated rings. The van der Waals surface area contributed by atoms with Crippen LogP contribution in [0.4, 0.5) is 0 Å². The highest BCUT2D eigenvalue weighted by atomic mass is 16.5. The first-order valence-corrected chi connectivity index (χ1v) is 7.75. The summed E-state index contributed by atoms with van der Waals surface area (Å²) in [5.74, 6) is 0.588. The van der Waals surface area contributed by atoms with Gasteiger partial charge in [-0.05, 0) is 37.2 Å². The van der Waals surface area contributed by atoms with Gasteiger partial charge in [-0.15, -0.1) is 0 Å². The topological polar surface area (TPSA) is 37.4 Å². The Hall–Kier alpha value is -0.970. The average molecular weight is 277 g/mol. The summed E-state index contributed by atoms with van der Waals surface area (Å²) in [5.41, 5.74) is 1.33. The van der Waals surface area contributed by atoms with Crippen LogP contribution in [-0.2, 0) is 11.3 Å². The van der Waals surface area contributed by atoms with Gasteiger partial charge in [-0.1, -0.05) is 13.8 Å². The van der Waals surface area contributed by atoms with Gasteiger partial charge < -0.3 is 10.1 Å². The SMILES string of the molecule is CCNC1CCOCC1CN(CC)Cc1ccncc1. The second-order valence-electron chi connectivity index (χ2n) is 5.47. The van der Waals surface area contributed by atoms with Crippen LogP contribution in [0.25, 0.3) is 0 Å². The molecule has 1 saturated heterocycles. The fourth-order valence-electron chi connectivity index (χ4n) is 2.89. The lowest BCUT2D eigenvalue weighted by Gasteiger charge is -2.35. The summed E-state index contributed by atoms with van der Waals surface area (Å²) in [6, 6.07) is 4.80. The van der Waals surface area contributed by atoms with Crippen molar-refractivity contribution in [1.82, 2.24) is 15.2 Å². The van der Waals surface area contributed by atoms with E-state index in [1.54, 1.807) is 0 Å². The van der Waals surface area contributed by atoms with Gasteiger partial charge in [0.15, 0.2) is 0 Å². The van der Waals surface area contributed by atoms with E-state index in [0.717, 1.165) is 45.8 Å². The molecule has 2 unspecified atom stereocenters. The summed E-state index contributed by atoms with van der Waals surface area (Å²) < 4.78 is 5.68. The lowest BCUT2D eigenvalue weighted by Crippen LogP contribution is -2.47. The third kappa shape index (κ3) is 4.54. The Balaban J connectivity index is 1.90. The fraction of sp³-hybridized carbons (Fsp3) is 0.688. The molecule has 112 valence electrons. The Morgan fingerprint density at radius 1 is 1.35 bits per heavy atom. The Kier molecular flexibility index (Phi) is 6.43. The van der Waals surface area contributed by atoms with Crippen molar-refractivity contribution in [3.63, 3.8) is 0 Å². The predicted molar refractivity (Wildman–Crippen MR) is 81.6 cm³/mol. The summed E-state index contributed by atoms with van der Waals surface area (Å²) in [4.78, 5) is 6.58. The van der Waals surface area contributed by atoms with E-state index in [-0.39, 0.29) is 0 Å². The van der Waals surface area contributed by atoms with E-state index in [2.05, 4.69) is 41.2 Å². The van der Waals surface area contributed by atoms with Crippen LogP contribution in [0.3, 0.4) is 0 Å². The normalized spacial score (nSPS) is 23.1. The minimum Gasteiger partial charge on any atom is -0.381 e. The molecule has 2 atom stereocenters. The van der Waals surface area contributed by atoms with E-state index in [1.807, 2.05) is 12.4 Å². The zero-order valence-corrected chi connectivity index (χ0v) is 12.7. The van der Waals surface area contributed by atoms with Crippen molar-refractivity contribution >= 4 is 0 Å². The molecule has 20 heavy (non-hydrogen) atoms. The maximum atomic E-state index is 5.68. The van der Waals surface area contributed by atoms with Gasteiger partial charge in [-0.3, -0.25) is 9.88 Å². The van der Waals surface area contributed by atoms with Crippen molar-refractivity contribution in [2.24, 2.45) is 5.92 Å². The second-order valence-corrected chi connectivity index (χ2v) is 5.47. The number of hydrogen-bond donors (Lipinski definition) is 1. The van der Waals surface area contributed by atoms with E-state index < -0.39 is 0 Å². The Bertz CT molecular complexity index is 369. The first kappa shape index (κ1) is 15.4. The van der Waals surface area contributed by atoms with Crippen LogP contribution in [-0.4, -0.2) is 48.8 Å². The van der Waals surface area contributed by atoms with Gasteiger partial charge in [0.1, 0.15) is 0 Å². The van der Waals surface area contributed by atoms with E-state index in [9.17, 15) is 0 Å². The molecule has 0 saturated carbocycles. The third-order valence-corrected chi connectivity index (χ3v) is 4.04. The molecular formula is C16H27N3O. The Morgan fingerprint density at radius 2 is 2.15 bits per heavy atom. The van der Waals surface area contributed by atoms with Crippen LogP contribution in [0.2, 0.25) is 0 Å². The molecule has 1 N–H and O–H groups in total. The number of ether oxygens (including phenoxy) is 1. The largest absolute Gasteiger partial charge is 0.381 e. The van der Waals surface area contributed by atoms with Crippen molar-refractivity contribution < 1.29 is 4.74 Å². The van der Waals surface area contributed by atoms with Crippen LogP contribution in [0, 0.1) is 5.92 Å². The summed E-state index contributed by atoms with van der Waals surface area (Å²) in [5, 5.41) is 3.61. The predicted octanol–water partition coefficient (Wildman–Crippen LogP) is 1.92. The number of hydrogen-bond acceptors (Lipinski definition) is 4. The molecule has 0 amide bonds. The molecule has 0 aliphatic carbocycles.